The first-order chi connectivity index (χ1) is 15.4. The summed E-state index contributed by atoms with van der Waals surface area (Å²) in [5.74, 6) is -1.20. The zero-order chi connectivity index (χ0) is 24.5. The summed E-state index contributed by atoms with van der Waals surface area (Å²) in [6.45, 7) is 11.8. The van der Waals surface area contributed by atoms with Gasteiger partial charge in [-0.2, -0.15) is 5.10 Å². The van der Waals surface area contributed by atoms with Gasteiger partial charge in [-0.15, -0.1) is 0 Å². The number of aromatic nitrogens is 3. The first-order valence-electron chi connectivity index (χ1n) is 10.8. The van der Waals surface area contributed by atoms with Gasteiger partial charge in [0, 0.05) is 16.9 Å². The molecule has 0 unspecified atom stereocenters. The van der Waals surface area contributed by atoms with Gasteiger partial charge in [0.25, 0.3) is 11.8 Å². The molecule has 4 N–H and O–H groups in total. The van der Waals surface area contributed by atoms with Crippen molar-refractivity contribution < 1.29 is 14.4 Å². The van der Waals surface area contributed by atoms with E-state index in [4.69, 9.17) is 10.7 Å². The Labute approximate surface area is 192 Å². The van der Waals surface area contributed by atoms with E-state index in [1.165, 1.54) is 0 Å². The van der Waals surface area contributed by atoms with Crippen molar-refractivity contribution in [3.63, 3.8) is 0 Å². The molecule has 1 aromatic carbocycles. The average Bonchev–Trinajstić information content (AvgIpc) is 3.09. The second-order valence-electron chi connectivity index (χ2n) is 9.30. The van der Waals surface area contributed by atoms with Gasteiger partial charge in [0.15, 0.2) is 5.65 Å². The molecule has 0 radical (unpaired) electrons. The number of carbonyl (C=O) groups excluding carboxylic acids is 3. The fourth-order valence-electron chi connectivity index (χ4n) is 3.42. The minimum Gasteiger partial charge on any atom is -0.368 e. The number of pyridine rings is 1. The van der Waals surface area contributed by atoms with E-state index in [1.54, 1.807) is 24.3 Å². The van der Waals surface area contributed by atoms with Crippen LogP contribution in [0.1, 0.15) is 72.6 Å². The van der Waals surface area contributed by atoms with Crippen molar-refractivity contribution in [1.29, 1.82) is 0 Å². The van der Waals surface area contributed by atoms with E-state index < -0.39 is 11.8 Å². The molecule has 3 aromatic rings. The standard InChI is InChI=1S/C24H30N6O3/c1-13(2)18-11-17(20-14(3)29-30(21(20)28-18)24(4,5)6)23(33)27-16-9-7-15(8-10-16)22(32)26-12-19(25)31/h7-11,13H,12H2,1-6H3,(H2,25,31)(H,26,32)(H,27,33). The molecule has 0 atom stereocenters. The molecular weight excluding hydrogens is 420 g/mol. The second kappa shape index (κ2) is 9.01. The van der Waals surface area contributed by atoms with Crippen LogP contribution in [0.3, 0.4) is 0 Å². The molecule has 0 spiro atoms. The third kappa shape index (κ3) is 5.19. The molecule has 33 heavy (non-hydrogen) atoms. The summed E-state index contributed by atoms with van der Waals surface area (Å²) in [6, 6.07) is 8.21. The van der Waals surface area contributed by atoms with Crippen molar-refractivity contribution in [1.82, 2.24) is 20.1 Å². The number of nitrogens with zero attached hydrogens (tertiary/aromatic N) is 3. The van der Waals surface area contributed by atoms with Crippen molar-refractivity contribution in [3.05, 3.63) is 52.8 Å². The molecule has 3 rings (SSSR count). The molecule has 174 valence electrons. The number of hydrogen-bond acceptors (Lipinski definition) is 5. The molecule has 0 saturated carbocycles. The van der Waals surface area contributed by atoms with Gasteiger partial charge in [-0.25, -0.2) is 9.67 Å². The number of nitrogens with one attached hydrogen (secondary N) is 2. The quantitative estimate of drug-likeness (QED) is 0.531. The van der Waals surface area contributed by atoms with Crippen LogP contribution in [0.15, 0.2) is 30.3 Å². The van der Waals surface area contributed by atoms with Crippen LogP contribution in [-0.4, -0.2) is 39.0 Å². The van der Waals surface area contributed by atoms with Crippen molar-refractivity contribution in [2.24, 2.45) is 5.73 Å². The van der Waals surface area contributed by atoms with Crippen LogP contribution in [0, 0.1) is 6.92 Å². The van der Waals surface area contributed by atoms with E-state index >= 15 is 0 Å². The fourth-order valence-corrected chi connectivity index (χ4v) is 3.42. The largest absolute Gasteiger partial charge is 0.368 e. The highest BCUT2D eigenvalue weighted by Gasteiger charge is 2.25. The predicted molar refractivity (Wildman–Crippen MR) is 127 cm³/mol. The highest BCUT2D eigenvalue weighted by atomic mass is 16.2. The summed E-state index contributed by atoms with van der Waals surface area (Å²) in [6.07, 6.45) is 0. The smallest absolute Gasteiger partial charge is 0.256 e. The Balaban J connectivity index is 1.94. The molecular formula is C24H30N6O3. The number of primary amides is 1. The molecule has 9 nitrogen and oxygen atoms in total. The molecule has 3 amide bonds. The van der Waals surface area contributed by atoms with Crippen LogP contribution in [0.2, 0.25) is 0 Å². The number of benzene rings is 1. The zero-order valence-corrected chi connectivity index (χ0v) is 19.8. The third-order valence-corrected chi connectivity index (χ3v) is 5.13. The maximum Gasteiger partial charge on any atom is 0.256 e. The van der Waals surface area contributed by atoms with Crippen molar-refractivity contribution >= 4 is 34.4 Å². The van der Waals surface area contributed by atoms with Crippen LogP contribution in [0.25, 0.3) is 11.0 Å². The number of rotatable bonds is 6. The van der Waals surface area contributed by atoms with E-state index in [2.05, 4.69) is 15.7 Å². The normalized spacial score (nSPS) is 11.6. The van der Waals surface area contributed by atoms with E-state index in [9.17, 15) is 14.4 Å². The fraction of sp³-hybridized carbons (Fsp3) is 0.375. The van der Waals surface area contributed by atoms with Gasteiger partial charge in [0.2, 0.25) is 5.91 Å². The van der Waals surface area contributed by atoms with Gasteiger partial charge < -0.3 is 16.4 Å². The maximum atomic E-state index is 13.3. The molecule has 0 aliphatic carbocycles. The number of nitrogens with two attached hydrogens (primary N) is 1. The number of anilines is 1. The molecule has 2 aromatic heterocycles. The van der Waals surface area contributed by atoms with Gasteiger partial charge in [-0.3, -0.25) is 14.4 Å². The van der Waals surface area contributed by atoms with Crippen LogP contribution in [0.5, 0.6) is 0 Å². The van der Waals surface area contributed by atoms with Crippen molar-refractivity contribution in [2.75, 3.05) is 11.9 Å². The summed E-state index contributed by atoms with van der Waals surface area (Å²) in [5.41, 5.74) is 8.35. The first kappa shape index (κ1) is 23.9. The lowest BCUT2D eigenvalue weighted by molar-refractivity contribution is -0.117. The Morgan fingerprint density at radius 3 is 2.27 bits per heavy atom. The molecule has 2 heterocycles. The minimum absolute atomic E-state index is 0.128. The lowest BCUT2D eigenvalue weighted by Gasteiger charge is -2.20. The first-order valence-corrected chi connectivity index (χ1v) is 10.8. The summed E-state index contributed by atoms with van der Waals surface area (Å²) in [4.78, 5) is 41.0. The molecule has 0 bridgehead atoms. The Kier molecular flexibility index (Phi) is 6.53. The highest BCUT2D eigenvalue weighted by molar-refractivity contribution is 6.13. The Hall–Kier alpha value is -3.75. The van der Waals surface area contributed by atoms with E-state index in [1.807, 2.05) is 52.3 Å². The molecule has 0 saturated heterocycles. The van der Waals surface area contributed by atoms with E-state index in [-0.39, 0.29) is 23.9 Å². The predicted octanol–water partition coefficient (Wildman–Crippen LogP) is 3.09. The maximum absolute atomic E-state index is 13.3. The third-order valence-electron chi connectivity index (χ3n) is 5.13. The lowest BCUT2D eigenvalue weighted by Crippen LogP contribution is -2.33. The molecule has 0 aliphatic rings. The van der Waals surface area contributed by atoms with Gasteiger partial charge in [0.05, 0.1) is 28.7 Å². The van der Waals surface area contributed by atoms with Crippen LogP contribution in [-0.2, 0) is 10.3 Å². The van der Waals surface area contributed by atoms with Crippen LogP contribution in [0.4, 0.5) is 5.69 Å². The number of carbonyl (C=O) groups is 3. The van der Waals surface area contributed by atoms with E-state index in [0.29, 0.717) is 27.8 Å². The number of hydrogen-bond donors (Lipinski definition) is 3. The minimum atomic E-state index is -0.623. The lowest BCUT2D eigenvalue weighted by atomic mass is 10.0. The van der Waals surface area contributed by atoms with Crippen molar-refractivity contribution in [3.8, 4) is 0 Å². The number of amides is 3. The van der Waals surface area contributed by atoms with Gasteiger partial charge in [-0.05, 0) is 63.9 Å². The Morgan fingerprint density at radius 1 is 1.09 bits per heavy atom. The van der Waals surface area contributed by atoms with Gasteiger partial charge in [-0.1, -0.05) is 13.8 Å². The average molecular weight is 451 g/mol. The number of fused-ring (bicyclic) bond motifs is 1. The van der Waals surface area contributed by atoms with Crippen LogP contribution >= 0.6 is 0 Å². The Morgan fingerprint density at radius 2 is 1.73 bits per heavy atom. The highest BCUT2D eigenvalue weighted by Crippen LogP contribution is 2.29. The molecule has 9 heteroatoms. The topological polar surface area (TPSA) is 132 Å². The van der Waals surface area contributed by atoms with Gasteiger partial charge in [0.1, 0.15) is 0 Å². The van der Waals surface area contributed by atoms with Gasteiger partial charge >= 0.3 is 0 Å². The summed E-state index contributed by atoms with van der Waals surface area (Å²) < 4.78 is 1.86. The zero-order valence-electron chi connectivity index (χ0n) is 19.8. The number of aryl methyl sites for hydroxylation is 1. The molecule has 0 fully saturated rings. The van der Waals surface area contributed by atoms with Crippen molar-refractivity contribution in [2.45, 2.75) is 53.0 Å². The monoisotopic (exact) mass is 450 g/mol. The van der Waals surface area contributed by atoms with Crippen LogP contribution < -0.4 is 16.4 Å². The summed E-state index contributed by atoms with van der Waals surface area (Å²) in [7, 11) is 0. The molecule has 0 aliphatic heterocycles. The second-order valence-corrected chi connectivity index (χ2v) is 9.30. The summed E-state index contributed by atoms with van der Waals surface area (Å²) in [5, 5.41) is 10.7. The van der Waals surface area contributed by atoms with E-state index in [0.717, 1.165) is 11.4 Å². The SMILES string of the molecule is Cc1nn(C(C)(C)C)c2nc(C(C)C)cc(C(=O)Nc3ccc(C(=O)NCC(N)=O)cc3)c12. The Bertz CT molecular complexity index is 1220. The summed E-state index contributed by atoms with van der Waals surface area (Å²) >= 11 is 0.